The molecular weight excluding hydrogens is 284 g/mol. The van der Waals surface area contributed by atoms with Gasteiger partial charge in [-0.15, -0.1) is 0 Å². The zero-order chi connectivity index (χ0) is 17.0. The molecule has 0 bridgehead atoms. The van der Waals surface area contributed by atoms with Crippen molar-refractivity contribution in [1.29, 1.82) is 0 Å². The molecule has 2 N–H and O–H groups in total. The van der Waals surface area contributed by atoms with Gasteiger partial charge in [-0.25, -0.2) is 0 Å². The molecule has 0 amide bonds. The molecular formula is C21H32O2. The quantitative estimate of drug-likeness (QED) is 0.493. The summed E-state index contributed by atoms with van der Waals surface area (Å²) < 4.78 is 0. The lowest BCUT2D eigenvalue weighted by Crippen LogP contribution is -2.45. The van der Waals surface area contributed by atoms with E-state index in [1.54, 1.807) is 0 Å². The first-order valence-corrected chi connectivity index (χ1v) is 9.08. The molecule has 0 aromatic carbocycles. The lowest BCUT2D eigenvalue weighted by molar-refractivity contribution is 0.0317. The van der Waals surface area contributed by atoms with Crippen molar-refractivity contribution in [1.82, 2.24) is 0 Å². The summed E-state index contributed by atoms with van der Waals surface area (Å²) in [5.74, 6) is 0.237. The molecule has 23 heavy (non-hydrogen) atoms. The van der Waals surface area contributed by atoms with Crippen LogP contribution >= 0.6 is 0 Å². The van der Waals surface area contributed by atoms with E-state index in [0.29, 0.717) is 11.3 Å². The van der Waals surface area contributed by atoms with Crippen molar-refractivity contribution >= 4 is 0 Å². The fourth-order valence-corrected chi connectivity index (χ4v) is 3.93. The molecule has 2 nitrogen and oxygen atoms in total. The Labute approximate surface area is 141 Å². The summed E-state index contributed by atoms with van der Waals surface area (Å²) in [5.41, 5.74) is 1.61. The van der Waals surface area contributed by atoms with Crippen molar-refractivity contribution in [2.45, 2.75) is 71.3 Å². The highest BCUT2D eigenvalue weighted by molar-refractivity contribution is 5.45. The van der Waals surface area contributed by atoms with Gasteiger partial charge in [-0.3, -0.25) is 0 Å². The van der Waals surface area contributed by atoms with E-state index in [0.717, 1.165) is 43.3 Å². The fraction of sp³-hybridized carbons (Fsp3) is 0.619. The predicted molar refractivity (Wildman–Crippen MR) is 97.3 cm³/mol. The van der Waals surface area contributed by atoms with Gasteiger partial charge in [0.1, 0.15) is 11.4 Å². The molecule has 0 fully saturated rings. The molecule has 0 aromatic rings. The summed E-state index contributed by atoms with van der Waals surface area (Å²) >= 11 is 0. The molecule has 0 heterocycles. The van der Waals surface area contributed by atoms with Gasteiger partial charge < -0.3 is 10.2 Å². The van der Waals surface area contributed by atoms with Gasteiger partial charge in [0, 0.05) is 0 Å². The maximum atomic E-state index is 11.4. The minimum atomic E-state index is -1.14. The van der Waals surface area contributed by atoms with Gasteiger partial charge in [0.25, 0.3) is 0 Å². The molecule has 0 radical (unpaired) electrons. The molecule has 0 spiro atoms. The maximum Gasteiger partial charge on any atom is 0.114 e. The second kappa shape index (κ2) is 7.53. The highest BCUT2D eigenvalue weighted by Crippen LogP contribution is 2.46. The van der Waals surface area contributed by atoms with Gasteiger partial charge in [-0.2, -0.15) is 0 Å². The summed E-state index contributed by atoms with van der Waals surface area (Å²) in [4.78, 5) is 0. The van der Waals surface area contributed by atoms with Gasteiger partial charge in [-0.05, 0) is 74.7 Å². The highest BCUT2D eigenvalue weighted by atomic mass is 16.3. The van der Waals surface area contributed by atoms with Crippen molar-refractivity contribution in [2.75, 3.05) is 0 Å². The van der Waals surface area contributed by atoms with E-state index in [-0.39, 0.29) is 11.8 Å². The Morgan fingerprint density at radius 1 is 1.39 bits per heavy atom. The third-order valence-electron chi connectivity index (χ3n) is 5.48. The average molecular weight is 316 g/mol. The van der Waals surface area contributed by atoms with Crippen LogP contribution in [0.1, 0.15) is 65.7 Å². The van der Waals surface area contributed by atoms with E-state index in [1.165, 1.54) is 12.8 Å². The van der Waals surface area contributed by atoms with Crippen LogP contribution in [0.3, 0.4) is 0 Å². The van der Waals surface area contributed by atoms with Gasteiger partial charge in [0.15, 0.2) is 0 Å². The number of aliphatic hydroxyl groups excluding tert-OH is 1. The van der Waals surface area contributed by atoms with E-state index in [4.69, 9.17) is 0 Å². The Balaban J connectivity index is 2.37. The molecule has 0 saturated carbocycles. The first-order chi connectivity index (χ1) is 10.9. The Morgan fingerprint density at radius 3 is 2.70 bits per heavy atom. The summed E-state index contributed by atoms with van der Waals surface area (Å²) in [6.07, 6.45) is 13.9. The lowest BCUT2D eigenvalue weighted by Gasteiger charge is -2.43. The van der Waals surface area contributed by atoms with Crippen molar-refractivity contribution in [3.8, 4) is 0 Å². The van der Waals surface area contributed by atoms with Crippen molar-refractivity contribution < 1.29 is 10.2 Å². The number of unbranched alkanes of at least 4 members (excludes halogenated alkanes) is 2. The van der Waals surface area contributed by atoms with Crippen LogP contribution in [0.4, 0.5) is 0 Å². The molecule has 0 saturated heterocycles. The van der Waals surface area contributed by atoms with Gasteiger partial charge in [0.2, 0.25) is 0 Å². The Hall–Kier alpha value is -1.28. The standard InChI is InChI=1S/C21H32O2/c1-5-6-8-13-18-14-21(23,15(2)3)19(20(22)16(18)4)17-11-9-7-10-12-17/h9,11,14,17,19,22-23H,2,5-8,10,12-13H2,1,3-4H3. The number of hydrogen-bond donors (Lipinski definition) is 2. The van der Waals surface area contributed by atoms with Crippen molar-refractivity contribution in [3.63, 3.8) is 0 Å². The van der Waals surface area contributed by atoms with Crippen LogP contribution in [0.2, 0.25) is 0 Å². The largest absolute Gasteiger partial charge is 0.512 e. The molecule has 128 valence electrons. The second-order valence-corrected chi connectivity index (χ2v) is 7.24. The van der Waals surface area contributed by atoms with Gasteiger partial charge in [-0.1, -0.05) is 38.5 Å². The summed E-state index contributed by atoms with van der Waals surface area (Å²) in [5, 5.41) is 22.3. The second-order valence-electron chi connectivity index (χ2n) is 7.24. The van der Waals surface area contributed by atoms with Gasteiger partial charge in [0.05, 0.1) is 5.92 Å². The zero-order valence-corrected chi connectivity index (χ0v) is 14.9. The molecule has 0 aromatic heterocycles. The fourth-order valence-electron chi connectivity index (χ4n) is 3.93. The SMILES string of the molecule is C=C(C)C1(O)C=C(CCCCC)C(C)=C(O)C1C1C=CCCC1. The van der Waals surface area contributed by atoms with Crippen LogP contribution < -0.4 is 0 Å². The van der Waals surface area contributed by atoms with Crippen LogP contribution in [0, 0.1) is 11.8 Å². The van der Waals surface area contributed by atoms with Crippen LogP contribution in [0.15, 0.2) is 47.3 Å². The molecule has 3 atom stereocenters. The normalized spacial score (nSPS) is 31.2. The molecule has 2 aliphatic carbocycles. The number of aliphatic hydroxyl groups is 2. The third kappa shape index (κ3) is 3.63. The smallest absolute Gasteiger partial charge is 0.114 e. The van der Waals surface area contributed by atoms with E-state index >= 15 is 0 Å². The number of allylic oxidation sites excluding steroid dienone is 4. The molecule has 2 rings (SSSR count). The Morgan fingerprint density at radius 2 is 2.13 bits per heavy atom. The van der Waals surface area contributed by atoms with E-state index in [9.17, 15) is 10.2 Å². The lowest BCUT2D eigenvalue weighted by atomic mass is 9.66. The third-order valence-corrected chi connectivity index (χ3v) is 5.48. The molecule has 2 heteroatoms. The first-order valence-electron chi connectivity index (χ1n) is 9.08. The number of hydrogen-bond acceptors (Lipinski definition) is 2. The predicted octanol–water partition coefficient (Wildman–Crippen LogP) is 5.62. The topological polar surface area (TPSA) is 40.5 Å². The van der Waals surface area contributed by atoms with E-state index in [1.807, 2.05) is 19.9 Å². The monoisotopic (exact) mass is 316 g/mol. The summed E-state index contributed by atoms with van der Waals surface area (Å²) in [6.45, 7) is 10.1. The Kier molecular flexibility index (Phi) is 5.91. The number of rotatable bonds is 6. The maximum absolute atomic E-state index is 11.4. The van der Waals surface area contributed by atoms with Crippen LogP contribution in [0.5, 0.6) is 0 Å². The van der Waals surface area contributed by atoms with Crippen LogP contribution in [0.25, 0.3) is 0 Å². The molecule has 3 unspecified atom stereocenters. The average Bonchev–Trinajstić information content (AvgIpc) is 2.53. The summed E-state index contributed by atoms with van der Waals surface area (Å²) in [7, 11) is 0. The highest BCUT2D eigenvalue weighted by Gasteiger charge is 2.46. The van der Waals surface area contributed by atoms with Gasteiger partial charge >= 0.3 is 0 Å². The van der Waals surface area contributed by atoms with Crippen LogP contribution in [-0.4, -0.2) is 15.8 Å². The molecule has 2 aliphatic rings. The zero-order valence-electron chi connectivity index (χ0n) is 14.9. The van der Waals surface area contributed by atoms with Crippen molar-refractivity contribution in [3.05, 3.63) is 47.3 Å². The van der Waals surface area contributed by atoms with Crippen LogP contribution in [-0.2, 0) is 0 Å². The Bertz CT molecular complexity index is 538. The minimum absolute atomic E-state index is 0.175. The van der Waals surface area contributed by atoms with E-state index in [2.05, 4.69) is 25.7 Å². The molecule has 0 aliphatic heterocycles. The summed E-state index contributed by atoms with van der Waals surface area (Å²) in [6, 6.07) is 0. The van der Waals surface area contributed by atoms with Crippen molar-refractivity contribution in [2.24, 2.45) is 11.8 Å². The minimum Gasteiger partial charge on any atom is -0.512 e. The first kappa shape index (κ1) is 18.1. The van der Waals surface area contributed by atoms with E-state index < -0.39 is 5.60 Å².